The van der Waals surface area contributed by atoms with Gasteiger partial charge in [0, 0.05) is 13.5 Å². The number of alkyl halides is 11. The standard InChI is InChI=1S/C15H10F11NO/c1-28-10(9-5-3-2-4-8(9)7-27)6-11(16,17)12(18,19)13(20,21)14(22,23)15(24,25)26/h2-5,10H,6H2,1H3. The lowest BCUT2D eigenvalue weighted by Gasteiger charge is -2.38. The number of ether oxygens (including phenoxy) is 1. The van der Waals surface area contributed by atoms with Crippen LogP contribution in [0.15, 0.2) is 24.3 Å². The van der Waals surface area contributed by atoms with Gasteiger partial charge in [-0.05, 0) is 11.6 Å². The van der Waals surface area contributed by atoms with Gasteiger partial charge in [0.1, 0.15) is 0 Å². The highest BCUT2D eigenvalue weighted by molar-refractivity contribution is 5.39. The fourth-order valence-corrected chi connectivity index (χ4v) is 2.17. The van der Waals surface area contributed by atoms with Crippen molar-refractivity contribution in [3.8, 4) is 6.07 Å². The zero-order chi connectivity index (χ0) is 22.2. The molecule has 2 nitrogen and oxygen atoms in total. The molecule has 1 aromatic carbocycles. The van der Waals surface area contributed by atoms with Crippen molar-refractivity contribution in [1.82, 2.24) is 0 Å². The summed E-state index contributed by atoms with van der Waals surface area (Å²) in [6.45, 7) is 0. The van der Waals surface area contributed by atoms with E-state index < -0.39 is 48.0 Å². The van der Waals surface area contributed by atoms with Crippen LogP contribution in [0.25, 0.3) is 0 Å². The quantitative estimate of drug-likeness (QED) is 0.518. The van der Waals surface area contributed by atoms with E-state index >= 15 is 0 Å². The highest BCUT2D eigenvalue weighted by Crippen LogP contribution is 2.58. The summed E-state index contributed by atoms with van der Waals surface area (Å²) in [6, 6.07) is 5.83. The molecule has 0 aromatic heterocycles. The molecule has 0 heterocycles. The van der Waals surface area contributed by atoms with Crippen LogP contribution in [0.2, 0.25) is 0 Å². The molecule has 0 N–H and O–H groups in total. The zero-order valence-corrected chi connectivity index (χ0v) is 13.6. The average molecular weight is 429 g/mol. The van der Waals surface area contributed by atoms with Crippen molar-refractivity contribution in [2.45, 2.75) is 42.4 Å². The number of hydrogen-bond donors (Lipinski definition) is 0. The second kappa shape index (κ2) is 7.38. The Labute approximate surface area is 150 Å². The molecule has 13 heteroatoms. The predicted octanol–water partition coefficient (Wildman–Crippen LogP) is 5.74. The lowest BCUT2D eigenvalue weighted by atomic mass is 9.91. The molecule has 1 atom stereocenters. The van der Waals surface area contributed by atoms with Crippen LogP contribution < -0.4 is 0 Å². The Morgan fingerprint density at radius 3 is 1.79 bits per heavy atom. The van der Waals surface area contributed by atoms with E-state index in [0.29, 0.717) is 7.11 Å². The highest BCUT2D eigenvalue weighted by atomic mass is 19.4. The molecule has 0 saturated heterocycles. The Morgan fingerprint density at radius 2 is 1.36 bits per heavy atom. The normalized spacial score (nSPS) is 15.2. The van der Waals surface area contributed by atoms with Gasteiger partial charge in [-0.15, -0.1) is 0 Å². The number of benzene rings is 1. The molecular formula is C15H10F11NO. The van der Waals surface area contributed by atoms with Crippen molar-refractivity contribution in [3.63, 3.8) is 0 Å². The summed E-state index contributed by atoms with van der Waals surface area (Å²) in [4.78, 5) is 0. The summed E-state index contributed by atoms with van der Waals surface area (Å²) in [5, 5.41) is 8.86. The van der Waals surface area contributed by atoms with Crippen LogP contribution >= 0.6 is 0 Å². The maximum absolute atomic E-state index is 13.9. The lowest BCUT2D eigenvalue weighted by molar-refractivity contribution is -0.423. The Bertz CT molecular complexity index is 736. The minimum atomic E-state index is -7.48. The summed E-state index contributed by atoms with van der Waals surface area (Å²) in [7, 11) is 0.662. The fraction of sp³-hybridized carbons (Fsp3) is 0.533. The van der Waals surface area contributed by atoms with Gasteiger partial charge in [-0.3, -0.25) is 0 Å². The van der Waals surface area contributed by atoms with E-state index in [0.717, 1.165) is 18.2 Å². The molecule has 0 spiro atoms. The third-order valence-electron chi connectivity index (χ3n) is 3.76. The molecule has 0 fully saturated rings. The van der Waals surface area contributed by atoms with Crippen molar-refractivity contribution < 1.29 is 53.0 Å². The van der Waals surface area contributed by atoms with Crippen LogP contribution in [-0.4, -0.2) is 37.0 Å². The average Bonchev–Trinajstić information content (AvgIpc) is 2.58. The molecule has 1 aromatic rings. The molecule has 0 aliphatic heterocycles. The van der Waals surface area contributed by atoms with Gasteiger partial charge >= 0.3 is 29.9 Å². The smallest absolute Gasteiger partial charge is 0.376 e. The summed E-state index contributed by atoms with van der Waals surface area (Å²) in [5.41, 5.74) is -0.866. The second-order valence-corrected chi connectivity index (χ2v) is 5.55. The molecule has 0 aliphatic rings. The van der Waals surface area contributed by atoms with Crippen molar-refractivity contribution in [3.05, 3.63) is 35.4 Å². The lowest BCUT2D eigenvalue weighted by Crippen LogP contribution is -2.66. The van der Waals surface area contributed by atoms with Crippen LogP contribution in [0.4, 0.5) is 48.3 Å². The zero-order valence-electron chi connectivity index (χ0n) is 13.6. The molecule has 0 saturated carbocycles. The number of methoxy groups -OCH3 is 1. The monoisotopic (exact) mass is 429 g/mol. The van der Waals surface area contributed by atoms with Gasteiger partial charge in [-0.2, -0.15) is 53.6 Å². The Balaban J connectivity index is 3.38. The van der Waals surface area contributed by atoms with Crippen molar-refractivity contribution >= 4 is 0 Å². The largest absolute Gasteiger partial charge is 0.460 e. The Kier molecular flexibility index (Phi) is 6.31. The Morgan fingerprint density at radius 1 is 0.857 bits per heavy atom. The van der Waals surface area contributed by atoms with Crippen LogP contribution in [-0.2, 0) is 4.74 Å². The maximum Gasteiger partial charge on any atom is 0.460 e. The number of hydrogen-bond acceptors (Lipinski definition) is 2. The van der Waals surface area contributed by atoms with Gasteiger partial charge in [0.05, 0.1) is 17.7 Å². The third kappa shape index (κ3) is 3.74. The highest BCUT2D eigenvalue weighted by Gasteiger charge is 2.87. The van der Waals surface area contributed by atoms with Gasteiger partial charge in [0.25, 0.3) is 0 Å². The summed E-state index contributed by atoms with van der Waals surface area (Å²) in [6.07, 6.45) is -11.8. The molecule has 1 rings (SSSR count). The van der Waals surface area contributed by atoms with Crippen LogP contribution in [0.3, 0.4) is 0 Å². The molecule has 28 heavy (non-hydrogen) atoms. The van der Waals surface area contributed by atoms with Gasteiger partial charge in [-0.25, -0.2) is 0 Å². The first-order valence-corrected chi connectivity index (χ1v) is 7.07. The van der Waals surface area contributed by atoms with Crippen LogP contribution in [0.1, 0.15) is 23.7 Å². The van der Waals surface area contributed by atoms with Gasteiger partial charge in [0.2, 0.25) is 0 Å². The van der Waals surface area contributed by atoms with Crippen LogP contribution in [0, 0.1) is 11.3 Å². The van der Waals surface area contributed by atoms with Gasteiger partial charge < -0.3 is 4.74 Å². The molecule has 158 valence electrons. The molecule has 1 unspecified atom stereocenters. The maximum atomic E-state index is 13.9. The van der Waals surface area contributed by atoms with E-state index in [2.05, 4.69) is 4.74 Å². The van der Waals surface area contributed by atoms with Crippen molar-refractivity contribution in [2.24, 2.45) is 0 Å². The number of nitrogens with zero attached hydrogens (tertiary/aromatic N) is 1. The van der Waals surface area contributed by atoms with Crippen molar-refractivity contribution in [2.75, 3.05) is 7.11 Å². The van der Waals surface area contributed by atoms with E-state index in [-0.39, 0.29) is 5.56 Å². The molecule has 0 aliphatic carbocycles. The molecule has 0 amide bonds. The van der Waals surface area contributed by atoms with E-state index in [4.69, 9.17) is 5.26 Å². The first kappa shape index (κ1) is 23.9. The van der Waals surface area contributed by atoms with Gasteiger partial charge in [0.15, 0.2) is 0 Å². The molecular weight excluding hydrogens is 419 g/mol. The third-order valence-corrected chi connectivity index (χ3v) is 3.76. The first-order chi connectivity index (χ1) is 12.5. The number of nitriles is 1. The van der Waals surface area contributed by atoms with Crippen LogP contribution in [0.5, 0.6) is 0 Å². The first-order valence-electron chi connectivity index (χ1n) is 7.07. The minimum absolute atomic E-state index is 0.388. The van der Waals surface area contributed by atoms with E-state index in [1.807, 2.05) is 0 Å². The molecule has 0 bridgehead atoms. The topological polar surface area (TPSA) is 33.0 Å². The van der Waals surface area contributed by atoms with E-state index in [9.17, 15) is 48.3 Å². The van der Waals surface area contributed by atoms with Gasteiger partial charge in [-0.1, -0.05) is 18.2 Å². The van der Waals surface area contributed by atoms with E-state index in [1.165, 1.54) is 12.1 Å². The Hall–Kier alpha value is -2.10. The summed E-state index contributed by atoms with van der Waals surface area (Å²) < 4.78 is 148. The van der Waals surface area contributed by atoms with Crippen molar-refractivity contribution in [1.29, 1.82) is 5.26 Å². The minimum Gasteiger partial charge on any atom is -0.376 e. The fourth-order valence-electron chi connectivity index (χ4n) is 2.17. The summed E-state index contributed by atoms with van der Waals surface area (Å²) >= 11 is 0. The second-order valence-electron chi connectivity index (χ2n) is 5.55. The molecule has 0 radical (unpaired) electrons. The number of halogens is 11. The number of rotatable bonds is 7. The predicted molar refractivity (Wildman–Crippen MR) is 71.4 cm³/mol. The SMILES string of the molecule is COC(CC(F)(F)C(F)(F)C(F)(F)C(F)(F)C(F)(F)F)c1ccccc1C#N. The summed E-state index contributed by atoms with van der Waals surface area (Å²) in [5.74, 6) is -28.1. The van der Waals surface area contributed by atoms with E-state index in [1.54, 1.807) is 0 Å².